The van der Waals surface area contributed by atoms with Gasteiger partial charge in [-0.25, -0.2) is 9.97 Å². The average Bonchev–Trinajstić information content (AvgIpc) is 3.33. The Morgan fingerprint density at radius 3 is 2.73 bits per heavy atom. The van der Waals surface area contributed by atoms with Gasteiger partial charge >= 0.3 is 0 Å². The number of carbonyl (C=O) groups excluding carboxylic acids is 1. The summed E-state index contributed by atoms with van der Waals surface area (Å²) in [5.41, 5.74) is 3.95. The molecule has 1 aromatic carbocycles. The highest BCUT2D eigenvalue weighted by atomic mass is 16.1. The van der Waals surface area contributed by atoms with Crippen molar-refractivity contribution < 1.29 is 4.79 Å². The van der Waals surface area contributed by atoms with Gasteiger partial charge in [0.2, 0.25) is 5.95 Å². The van der Waals surface area contributed by atoms with Gasteiger partial charge in [-0.1, -0.05) is 19.1 Å². The van der Waals surface area contributed by atoms with Gasteiger partial charge in [0.15, 0.2) is 0 Å². The molecular weight excluding hydrogens is 416 g/mol. The molecule has 0 aliphatic carbocycles. The molecule has 9 nitrogen and oxygen atoms in total. The third-order valence-electron chi connectivity index (χ3n) is 5.80. The fraction of sp³-hybridized carbons (Fsp3) is 0.375. The number of rotatable bonds is 7. The molecule has 3 N–H and O–H groups in total. The lowest BCUT2D eigenvalue weighted by Crippen LogP contribution is -2.33. The van der Waals surface area contributed by atoms with Crippen molar-refractivity contribution >= 4 is 17.5 Å². The van der Waals surface area contributed by atoms with Gasteiger partial charge < -0.3 is 16.0 Å². The van der Waals surface area contributed by atoms with Gasteiger partial charge in [0, 0.05) is 23.5 Å². The maximum Gasteiger partial charge on any atom is 0.252 e. The van der Waals surface area contributed by atoms with Crippen molar-refractivity contribution in [2.75, 3.05) is 18.4 Å². The number of nitrogens with one attached hydrogen (secondary N) is 3. The van der Waals surface area contributed by atoms with E-state index in [0.717, 1.165) is 48.4 Å². The molecule has 2 aromatic heterocycles. The summed E-state index contributed by atoms with van der Waals surface area (Å²) < 4.78 is 2.01. The zero-order valence-corrected chi connectivity index (χ0v) is 18.9. The Bertz CT molecular complexity index is 1140. The predicted octanol–water partition coefficient (Wildman–Crippen LogP) is 3.35. The van der Waals surface area contributed by atoms with Crippen LogP contribution in [0, 0.1) is 18.3 Å². The van der Waals surface area contributed by atoms with E-state index >= 15 is 0 Å². The number of piperidine rings is 1. The van der Waals surface area contributed by atoms with Crippen molar-refractivity contribution in [3.8, 4) is 17.3 Å². The van der Waals surface area contributed by atoms with Crippen LogP contribution in [0.25, 0.3) is 11.3 Å². The minimum atomic E-state index is -0.492. The predicted molar refractivity (Wildman–Crippen MR) is 126 cm³/mol. The molecule has 0 radical (unpaired) electrons. The first-order chi connectivity index (χ1) is 16.1. The highest BCUT2D eigenvalue weighted by molar-refractivity contribution is 5.95. The molecule has 170 valence electrons. The number of hydrogen-bond acceptors (Lipinski definition) is 7. The Morgan fingerprint density at radius 2 is 2.03 bits per heavy atom. The lowest BCUT2D eigenvalue weighted by atomic mass is 10.1. The normalized spacial score (nSPS) is 14.9. The largest absolute Gasteiger partial charge is 0.336 e. The van der Waals surface area contributed by atoms with Crippen molar-refractivity contribution in [3.63, 3.8) is 0 Å². The molecule has 0 bridgehead atoms. The van der Waals surface area contributed by atoms with Gasteiger partial charge in [0.05, 0.1) is 29.7 Å². The fourth-order valence-electron chi connectivity index (χ4n) is 3.84. The first kappa shape index (κ1) is 22.4. The smallest absolute Gasteiger partial charge is 0.252 e. The Morgan fingerprint density at radius 1 is 1.27 bits per heavy atom. The minimum Gasteiger partial charge on any atom is -0.336 e. The van der Waals surface area contributed by atoms with Crippen LogP contribution in [0.2, 0.25) is 0 Å². The van der Waals surface area contributed by atoms with Crippen LogP contribution in [0.1, 0.15) is 48.1 Å². The number of nitrogens with zero attached hydrogens (tertiary/aromatic N) is 5. The number of carbonyl (C=O) groups is 1. The summed E-state index contributed by atoms with van der Waals surface area (Å²) in [6.07, 6.45) is 8.26. The lowest BCUT2D eigenvalue weighted by Gasteiger charge is -2.22. The van der Waals surface area contributed by atoms with E-state index in [0.29, 0.717) is 24.0 Å². The van der Waals surface area contributed by atoms with Crippen molar-refractivity contribution in [3.05, 3.63) is 54.0 Å². The monoisotopic (exact) mass is 444 g/mol. The van der Waals surface area contributed by atoms with Crippen molar-refractivity contribution in [2.45, 2.75) is 45.2 Å². The molecular formula is C24H28N8O. The first-order valence-electron chi connectivity index (χ1n) is 11.2. The number of anilines is 2. The summed E-state index contributed by atoms with van der Waals surface area (Å²) in [6.45, 7) is 5.83. The Balaban J connectivity index is 1.48. The highest BCUT2D eigenvalue weighted by Gasteiger charge is 2.16. The molecule has 33 heavy (non-hydrogen) atoms. The molecule has 1 amide bonds. The van der Waals surface area contributed by atoms with Gasteiger partial charge in [-0.05, 0) is 57.0 Å². The van der Waals surface area contributed by atoms with E-state index in [-0.39, 0.29) is 5.91 Å². The molecule has 3 aromatic rings. The molecule has 9 heteroatoms. The topological polar surface area (TPSA) is 121 Å². The van der Waals surface area contributed by atoms with Crippen molar-refractivity contribution in [2.24, 2.45) is 0 Å². The zero-order chi connectivity index (χ0) is 23.2. The number of amides is 1. The third-order valence-corrected chi connectivity index (χ3v) is 5.80. The van der Waals surface area contributed by atoms with Crippen LogP contribution in [-0.2, 0) is 0 Å². The fourth-order valence-corrected chi connectivity index (χ4v) is 3.84. The van der Waals surface area contributed by atoms with Gasteiger partial charge in [-0.15, -0.1) is 0 Å². The lowest BCUT2D eigenvalue weighted by molar-refractivity contribution is 0.0944. The van der Waals surface area contributed by atoms with E-state index in [1.165, 1.54) is 0 Å². The van der Waals surface area contributed by atoms with E-state index in [2.05, 4.69) is 32.1 Å². The molecule has 1 aliphatic rings. The second-order valence-electron chi connectivity index (χ2n) is 8.18. The SMILES string of the molecule is CCC(C#N)NC(=O)c1ccc(-c2nc(Nc3cnn(C4CCNCC4)c3)ncc2C)cc1. The van der Waals surface area contributed by atoms with Crippen LogP contribution < -0.4 is 16.0 Å². The van der Waals surface area contributed by atoms with E-state index in [1.54, 1.807) is 24.5 Å². The van der Waals surface area contributed by atoms with E-state index in [1.807, 2.05) is 36.9 Å². The number of aryl methyl sites for hydroxylation is 1. The molecule has 1 atom stereocenters. The Kier molecular flexibility index (Phi) is 6.95. The number of hydrogen-bond donors (Lipinski definition) is 3. The molecule has 1 unspecified atom stereocenters. The van der Waals surface area contributed by atoms with Crippen LogP contribution in [0.5, 0.6) is 0 Å². The summed E-state index contributed by atoms with van der Waals surface area (Å²) in [5, 5.41) is 22.9. The molecule has 1 aliphatic heterocycles. The standard InChI is InChI=1S/C24H28N8O/c1-3-19(12-25)29-23(33)18-6-4-17(5-7-18)22-16(2)13-27-24(31-22)30-20-14-28-32(15-20)21-8-10-26-11-9-21/h4-7,13-15,19,21,26H,3,8-11H2,1-2H3,(H,29,33)(H,27,30,31). The van der Waals surface area contributed by atoms with Crippen LogP contribution in [0.4, 0.5) is 11.6 Å². The summed E-state index contributed by atoms with van der Waals surface area (Å²) in [5.74, 6) is 0.226. The van der Waals surface area contributed by atoms with Crippen LogP contribution in [-0.4, -0.2) is 44.8 Å². The number of benzene rings is 1. The Hall–Kier alpha value is -3.77. The molecule has 0 spiro atoms. The van der Waals surface area contributed by atoms with Crippen LogP contribution in [0.3, 0.4) is 0 Å². The van der Waals surface area contributed by atoms with Gasteiger partial charge in [0.25, 0.3) is 5.91 Å². The van der Waals surface area contributed by atoms with Crippen molar-refractivity contribution in [1.82, 2.24) is 30.4 Å². The minimum absolute atomic E-state index is 0.262. The summed E-state index contributed by atoms with van der Waals surface area (Å²) in [4.78, 5) is 21.5. The van der Waals surface area contributed by atoms with E-state index in [9.17, 15) is 4.79 Å². The van der Waals surface area contributed by atoms with Gasteiger partial charge in [-0.2, -0.15) is 10.4 Å². The second-order valence-corrected chi connectivity index (χ2v) is 8.18. The summed E-state index contributed by atoms with van der Waals surface area (Å²) in [7, 11) is 0. The second kappa shape index (κ2) is 10.2. The average molecular weight is 445 g/mol. The van der Waals surface area contributed by atoms with Gasteiger partial charge in [0.1, 0.15) is 6.04 Å². The molecule has 4 rings (SSSR count). The first-order valence-corrected chi connectivity index (χ1v) is 11.2. The third kappa shape index (κ3) is 5.35. The Labute approximate surface area is 193 Å². The maximum atomic E-state index is 12.4. The molecule has 3 heterocycles. The maximum absolute atomic E-state index is 12.4. The number of aromatic nitrogens is 4. The van der Waals surface area contributed by atoms with Crippen LogP contribution in [0.15, 0.2) is 42.9 Å². The number of nitriles is 1. The molecule has 0 saturated carbocycles. The van der Waals surface area contributed by atoms with Gasteiger partial charge in [-0.3, -0.25) is 9.48 Å². The van der Waals surface area contributed by atoms with Crippen LogP contribution >= 0.6 is 0 Å². The highest BCUT2D eigenvalue weighted by Crippen LogP contribution is 2.25. The molecule has 1 saturated heterocycles. The molecule has 1 fully saturated rings. The van der Waals surface area contributed by atoms with E-state index in [4.69, 9.17) is 10.2 Å². The van der Waals surface area contributed by atoms with E-state index < -0.39 is 6.04 Å². The quantitative estimate of drug-likeness (QED) is 0.511. The van der Waals surface area contributed by atoms with Crippen molar-refractivity contribution in [1.29, 1.82) is 5.26 Å². The summed E-state index contributed by atoms with van der Waals surface area (Å²) in [6, 6.07) is 9.20. The summed E-state index contributed by atoms with van der Waals surface area (Å²) >= 11 is 0. The zero-order valence-electron chi connectivity index (χ0n) is 18.9.